The molecular formula is C12H11N3O2. The molecule has 2 heterocycles. The van der Waals surface area contributed by atoms with Crippen LogP contribution in [0.3, 0.4) is 0 Å². The number of fused-ring (bicyclic) bond motifs is 1. The highest BCUT2D eigenvalue weighted by Gasteiger charge is 2.01. The third-order valence-electron chi connectivity index (χ3n) is 2.58. The topological polar surface area (TPSA) is 73.8 Å². The second-order valence-corrected chi connectivity index (χ2v) is 3.80. The zero-order valence-electron chi connectivity index (χ0n) is 8.99. The van der Waals surface area contributed by atoms with Crippen molar-refractivity contribution in [2.75, 3.05) is 5.32 Å². The SMILES string of the molecule is O=c1[nH]c2cc(NCc3cc[nH]c3)ccc2o1. The van der Waals surface area contributed by atoms with Crippen molar-refractivity contribution in [2.45, 2.75) is 6.54 Å². The molecule has 17 heavy (non-hydrogen) atoms. The van der Waals surface area contributed by atoms with E-state index in [1.165, 1.54) is 5.56 Å². The van der Waals surface area contributed by atoms with Gasteiger partial charge in [-0.3, -0.25) is 4.98 Å². The van der Waals surface area contributed by atoms with Crippen LogP contribution in [0, 0.1) is 0 Å². The number of nitrogens with one attached hydrogen (secondary N) is 3. The van der Waals surface area contributed by atoms with Gasteiger partial charge in [0.15, 0.2) is 5.58 Å². The Labute approximate surface area is 96.5 Å². The van der Waals surface area contributed by atoms with Crippen LogP contribution in [0.1, 0.15) is 5.56 Å². The number of aromatic amines is 2. The second kappa shape index (κ2) is 3.86. The second-order valence-electron chi connectivity index (χ2n) is 3.80. The summed E-state index contributed by atoms with van der Waals surface area (Å²) in [6.07, 6.45) is 3.82. The molecule has 5 heteroatoms. The summed E-state index contributed by atoms with van der Waals surface area (Å²) in [4.78, 5) is 16.6. The molecule has 0 amide bonds. The molecule has 5 nitrogen and oxygen atoms in total. The van der Waals surface area contributed by atoms with E-state index in [0.29, 0.717) is 11.1 Å². The monoisotopic (exact) mass is 229 g/mol. The first-order valence-electron chi connectivity index (χ1n) is 5.30. The first-order valence-corrected chi connectivity index (χ1v) is 5.30. The van der Waals surface area contributed by atoms with Crippen molar-refractivity contribution in [3.63, 3.8) is 0 Å². The van der Waals surface area contributed by atoms with Crippen molar-refractivity contribution in [1.82, 2.24) is 9.97 Å². The van der Waals surface area contributed by atoms with Crippen LogP contribution in [0.25, 0.3) is 11.1 Å². The van der Waals surface area contributed by atoms with Gasteiger partial charge < -0.3 is 14.7 Å². The fourth-order valence-corrected chi connectivity index (χ4v) is 1.73. The lowest BCUT2D eigenvalue weighted by Gasteiger charge is -2.04. The van der Waals surface area contributed by atoms with Crippen molar-refractivity contribution in [1.29, 1.82) is 0 Å². The summed E-state index contributed by atoms with van der Waals surface area (Å²) in [5.41, 5.74) is 3.39. The van der Waals surface area contributed by atoms with E-state index in [4.69, 9.17) is 4.42 Å². The van der Waals surface area contributed by atoms with E-state index < -0.39 is 5.76 Å². The Hall–Kier alpha value is -2.43. The summed E-state index contributed by atoms with van der Waals surface area (Å²) in [7, 11) is 0. The zero-order chi connectivity index (χ0) is 11.7. The van der Waals surface area contributed by atoms with Gasteiger partial charge in [-0.15, -0.1) is 0 Å². The average molecular weight is 229 g/mol. The summed E-state index contributed by atoms with van der Waals surface area (Å²) in [6.45, 7) is 0.733. The van der Waals surface area contributed by atoms with E-state index in [-0.39, 0.29) is 0 Å². The molecule has 3 rings (SSSR count). The highest BCUT2D eigenvalue weighted by Crippen LogP contribution is 2.16. The van der Waals surface area contributed by atoms with Crippen molar-refractivity contribution in [3.05, 3.63) is 52.8 Å². The molecule has 1 aromatic carbocycles. The minimum atomic E-state index is -0.428. The molecule has 0 fully saturated rings. The van der Waals surface area contributed by atoms with E-state index in [1.54, 1.807) is 6.07 Å². The maximum Gasteiger partial charge on any atom is 0.417 e. The van der Waals surface area contributed by atoms with Gasteiger partial charge in [0.2, 0.25) is 0 Å². The molecule has 0 unspecified atom stereocenters. The molecule has 0 aliphatic rings. The summed E-state index contributed by atoms with van der Waals surface area (Å²) in [6, 6.07) is 7.51. The number of hydrogen-bond donors (Lipinski definition) is 3. The van der Waals surface area contributed by atoms with Crippen LogP contribution in [0.5, 0.6) is 0 Å². The maximum atomic E-state index is 11.0. The number of rotatable bonds is 3. The molecule has 0 aliphatic heterocycles. The quantitative estimate of drug-likeness (QED) is 0.643. The molecule has 2 aromatic heterocycles. The fourth-order valence-electron chi connectivity index (χ4n) is 1.73. The standard InChI is InChI=1S/C12H11N3O2/c16-12-15-10-5-9(1-2-11(10)17-12)14-7-8-3-4-13-6-8/h1-6,13-14H,7H2,(H,15,16). The lowest BCUT2D eigenvalue weighted by molar-refractivity contribution is 0.555. The Morgan fingerprint density at radius 2 is 2.24 bits per heavy atom. The molecule has 0 saturated heterocycles. The number of oxazole rings is 1. The van der Waals surface area contributed by atoms with Crippen molar-refractivity contribution in [2.24, 2.45) is 0 Å². The van der Waals surface area contributed by atoms with E-state index >= 15 is 0 Å². The van der Waals surface area contributed by atoms with Gasteiger partial charge in [0.1, 0.15) is 0 Å². The van der Waals surface area contributed by atoms with Crippen molar-refractivity contribution < 1.29 is 4.42 Å². The molecule has 3 aromatic rings. The van der Waals surface area contributed by atoms with Crippen molar-refractivity contribution in [3.8, 4) is 0 Å². The average Bonchev–Trinajstić information content (AvgIpc) is 2.92. The highest BCUT2D eigenvalue weighted by atomic mass is 16.4. The van der Waals surface area contributed by atoms with Gasteiger partial charge >= 0.3 is 5.76 Å². The summed E-state index contributed by atoms with van der Waals surface area (Å²) < 4.78 is 4.93. The van der Waals surface area contributed by atoms with Crippen LogP contribution in [0.2, 0.25) is 0 Å². The lowest BCUT2D eigenvalue weighted by atomic mass is 10.2. The number of aromatic nitrogens is 2. The van der Waals surface area contributed by atoms with Crippen LogP contribution in [0.15, 0.2) is 45.9 Å². The Bertz CT molecular complexity index is 679. The minimum absolute atomic E-state index is 0.428. The third kappa shape index (κ3) is 1.94. The van der Waals surface area contributed by atoms with E-state index in [1.807, 2.05) is 30.6 Å². The van der Waals surface area contributed by atoms with Gasteiger partial charge in [-0.25, -0.2) is 4.79 Å². The normalized spacial score (nSPS) is 10.8. The number of H-pyrrole nitrogens is 2. The molecule has 0 aliphatic carbocycles. The van der Waals surface area contributed by atoms with Gasteiger partial charge in [0.05, 0.1) is 5.52 Å². The Balaban J connectivity index is 1.83. The first kappa shape index (κ1) is 9.77. The molecule has 3 N–H and O–H groups in total. The highest BCUT2D eigenvalue weighted by molar-refractivity contribution is 5.76. The molecule has 86 valence electrons. The van der Waals surface area contributed by atoms with E-state index in [0.717, 1.165) is 12.2 Å². The van der Waals surface area contributed by atoms with Gasteiger partial charge in [0, 0.05) is 24.6 Å². The number of anilines is 1. The van der Waals surface area contributed by atoms with Gasteiger partial charge in [-0.05, 0) is 29.8 Å². The molecular weight excluding hydrogens is 218 g/mol. The maximum absolute atomic E-state index is 11.0. The molecule has 0 spiro atoms. The smallest absolute Gasteiger partial charge is 0.408 e. The van der Waals surface area contributed by atoms with Crippen LogP contribution >= 0.6 is 0 Å². The largest absolute Gasteiger partial charge is 0.417 e. The summed E-state index contributed by atoms with van der Waals surface area (Å²) in [5, 5.41) is 3.26. The number of benzene rings is 1. The predicted octanol–water partition coefficient (Wildman–Crippen LogP) is 2.06. The first-order chi connectivity index (χ1) is 8.31. The Morgan fingerprint density at radius 3 is 3.06 bits per heavy atom. The summed E-state index contributed by atoms with van der Waals surface area (Å²) >= 11 is 0. The molecule has 0 atom stereocenters. The van der Waals surface area contributed by atoms with Gasteiger partial charge in [0.25, 0.3) is 0 Å². The third-order valence-corrected chi connectivity index (χ3v) is 2.58. The fraction of sp³-hybridized carbons (Fsp3) is 0.0833. The van der Waals surface area contributed by atoms with E-state index in [2.05, 4.69) is 15.3 Å². The van der Waals surface area contributed by atoms with Crippen LogP contribution in [-0.4, -0.2) is 9.97 Å². The predicted molar refractivity (Wildman–Crippen MR) is 65.0 cm³/mol. The summed E-state index contributed by atoms with van der Waals surface area (Å²) in [5.74, 6) is -0.428. The Morgan fingerprint density at radius 1 is 1.29 bits per heavy atom. The molecule has 0 bridgehead atoms. The van der Waals surface area contributed by atoms with E-state index in [9.17, 15) is 4.79 Å². The number of hydrogen-bond acceptors (Lipinski definition) is 3. The van der Waals surface area contributed by atoms with Crippen LogP contribution in [0.4, 0.5) is 5.69 Å². The minimum Gasteiger partial charge on any atom is -0.408 e. The van der Waals surface area contributed by atoms with Gasteiger partial charge in [-0.2, -0.15) is 0 Å². The van der Waals surface area contributed by atoms with Crippen LogP contribution in [-0.2, 0) is 6.54 Å². The molecule has 0 saturated carbocycles. The van der Waals surface area contributed by atoms with Crippen molar-refractivity contribution >= 4 is 16.8 Å². The zero-order valence-corrected chi connectivity index (χ0v) is 8.99. The van der Waals surface area contributed by atoms with Gasteiger partial charge in [-0.1, -0.05) is 0 Å². The molecule has 0 radical (unpaired) electrons. The van der Waals surface area contributed by atoms with Crippen LogP contribution < -0.4 is 11.1 Å². The lowest BCUT2D eigenvalue weighted by Crippen LogP contribution is -1.97. The Kier molecular flexibility index (Phi) is 2.22.